The minimum atomic E-state index is -0.301. The molecule has 0 spiro atoms. The monoisotopic (exact) mass is 323 g/mol. The molecule has 2 heterocycles. The second kappa shape index (κ2) is 6.95. The third-order valence-electron chi connectivity index (χ3n) is 3.54. The maximum Gasteiger partial charge on any atom is 0.252 e. The lowest BCUT2D eigenvalue weighted by Gasteiger charge is -2.09. The standard InChI is InChI=1S/C18H17N3O3/c1-12-9-15(14-6-2-3-7-16(14)21-12)18(23)20-11-17(22)19-10-13-5-4-8-24-13/h2-9H,10-11H2,1H3,(H,19,22)(H,20,23). The van der Waals surface area contributed by atoms with E-state index >= 15 is 0 Å². The van der Waals surface area contributed by atoms with E-state index < -0.39 is 0 Å². The maximum atomic E-state index is 12.4. The number of hydrogen-bond donors (Lipinski definition) is 2. The smallest absolute Gasteiger partial charge is 0.252 e. The normalized spacial score (nSPS) is 10.5. The van der Waals surface area contributed by atoms with Gasteiger partial charge in [0, 0.05) is 11.1 Å². The number of para-hydroxylation sites is 1. The Bertz CT molecular complexity index is 872. The number of carbonyl (C=O) groups is 2. The molecule has 2 amide bonds. The lowest BCUT2D eigenvalue weighted by atomic mass is 10.1. The molecule has 0 aliphatic heterocycles. The number of furan rings is 1. The number of carbonyl (C=O) groups excluding carboxylic acids is 2. The molecule has 6 nitrogen and oxygen atoms in total. The van der Waals surface area contributed by atoms with Gasteiger partial charge in [0.2, 0.25) is 5.91 Å². The summed E-state index contributed by atoms with van der Waals surface area (Å²) in [5, 5.41) is 6.08. The van der Waals surface area contributed by atoms with Crippen molar-refractivity contribution in [1.29, 1.82) is 0 Å². The minimum Gasteiger partial charge on any atom is -0.467 e. The minimum absolute atomic E-state index is 0.102. The van der Waals surface area contributed by atoms with Gasteiger partial charge < -0.3 is 15.1 Å². The van der Waals surface area contributed by atoms with Crippen molar-refractivity contribution in [3.63, 3.8) is 0 Å². The molecule has 2 aromatic heterocycles. The van der Waals surface area contributed by atoms with Crippen LogP contribution in [0.1, 0.15) is 21.8 Å². The quantitative estimate of drug-likeness (QED) is 0.754. The molecule has 0 saturated carbocycles. The molecule has 24 heavy (non-hydrogen) atoms. The molecule has 2 N–H and O–H groups in total. The van der Waals surface area contributed by atoms with Crippen LogP contribution >= 0.6 is 0 Å². The molecule has 0 radical (unpaired) electrons. The molecule has 0 unspecified atom stereocenters. The topological polar surface area (TPSA) is 84.2 Å². The zero-order chi connectivity index (χ0) is 16.9. The highest BCUT2D eigenvalue weighted by Gasteiger charge is 2.13. The van der Waals surface area contributed by atoms with E-state index in [1.54, 1.807) is 24.5 Å². The Morgan fingerprint density at radius 3 is 2.75 bits per heavy atom. The van der Waals surface area contributed by atoms with Crippen molar-refractivity contribution in [3.05, 3.63) is 65.7 Å². The highest BCUT2D eigenvalue weighted by molar-refractivity contribution is 6.07. The second-order valence-corrected chi connectivity index (χ2v) is 5.37. The first-order chi connectivity index (χ1) is 11.6. The summed E-state index contributed by atoms with van der Waals surface area (Å²) in [5.41, 5.74) is 2.02. The van der Waals surface area contributed by atoms with Gasteiger partial charge in [-0.3, -0.25) is 14.6 Å². The van der Waals surface area contributed by atoms with Crippen molar-refractivity contribution in [2.75, 3.05) is 6.54 Å². The van der Waals surface area contributed by atoms with Gasteiger partial charge in [0.1, 0.15) is 5.76 Å². The molecular weight excluding hydrogens is 306 g/mol. The van der Waals surface area contributed by atoms with E-state index in [4.69, 9.17) is 4.42 Å². The van der Waals surface area contributed by atoms with Crippen LogP contribution in [0.15, 0.2) is 53.1 Å². The van der Waals surface area contributed by atoms with Gasteiger partial charge in [-0.2, -0.15) is 0 Å². The predicted molar refractivity (Wildman–Crippen MR) is 89.4 cm³/mol. The van der Waals surface area contributed by atoms with Crippen molar-refractivity contribution in [2.45, 2.75) is 13.5 Å². The molecule has 0 saturated heterocycles. The number of benzene rings is 1. The van der Waals surface area contributed by atoms with Gasteiger partial charge in [-0.25, -0.2) is 0 Å². The second-order valence-electron chi connectivity index (χ2n) is 5.37. The van der Waals surface area contributed by atoms with Crippen LogP contribution in [-0.4, -0.2) is 23.3 Å². The number of amides is 2. The van der Waals surface area contributed by atoms with E-state index in [-0.39, 0.29) is 18.4 Å². The predicted octanol–water partition coefficient (Wildman–Crippen LogP) is 2.18. The maximum absolute atomic E-state index is 12.4. The summed E-state index contributed by atoms with van der Waals surface area (Å²) in [4.78, 5) is 28.6. The number of aryl methyl sites for hydroxylation is 1. The zero-order valence-electron chi connectivity index (χ0n) is 13.2. The van der Waals surface area contributed by atoms with E-state index in [1.165, 1.54) is 0 Å². The van der Waals surface area contributed by atoms with Crippen LogP contribution in [0.2, 0.25) is 0 Å². The molecule has 3 rings (SSSR count). The zero-order valence-corrected chi connectivity index (χ0v) is 13.2. The molecule has 6 heteroatoms. The summed E-state index contributed by atoms with van der Waals surface area (Å²) in [5.74, 6) is 0.0742. The molecule has 3 aromatic rings. The first-order valence-electron chi connectivity index (χ1n) is 7.57. The van der Waals surface area contributed by atoms with Crippen LogP contribution in [0.3, 0.4) is 0 Å². The van der Waals surface area contributed by atoms with E-state index in [0.717, 1.165) is 16.6 Å². The van der Waals surface area contributed by atoms with Crippen LogP contribution in [-0.2, 0) is 11.3 Å². The summed E-state index contributed by atoms with van der Waals surface area (Å²) < 4.78 is 5.13. The van der Waals surface area contributed by atoms with Crippen molar-refractivity contribution >= 4 is 22.7 Å². The van der Waals surface area contributed by atoms with Crippen LogP contribution in [0.25, 0.3) is 10.9 Å². The van der Waals surface area contributed by atoms with Gasteiger partial charge in [-0.1, -0.05) is 18.2 Å². The molecule has 0 atom stereocenters. The molecule has 1 aromatic carbocycles. The van der Waals surface area contributed by atoms with Crippen LogP contribution in [0.4, 0.5) is 0 Å². The third kappa shape index (κ3) is 3.60. The lowest BCUT2D eigenvalue weighted by Crippen LogP contribution is -2.36. The Morgan fingerprint density at radius 1 is 1.12 bits per heavy atom. The molecule has 0 aliphatic rings. The van der Waals surface area contributed by atoms with Crippen LogP contribution < -0.4 is 10.6 Å². The van der Waals surface area contributed by atoms with E-state index in [1.807, 2.05) is 31.2 Å². The van der Waals surface area contributed by atoms with Crippen molar-refractivity contribution in [1.82, 2.24) is 15.6 Å². The largest absolute Gasteiger partial charge is 0.467 e. The molecule has 0 aliphatic carbocycles. The fourth-order valence-corrected chi connectivity index (χ4v) is 2.41. The number of pyridine rings is 1. The summed E-state index contributed by atoms with van der Waals surface area (Å²) in [6, 6.07) is 12.7. The van der Waals surface area contributed by atoms with Gasteiger partial charge in [-0.05, 0) is 31.2 Å². The summed E-state index contributed by atoms with van der Waals surface area (Å²) in [7, 11) is 0. The average molecular weight is 323 g/mol. The molecule has 0 fully saturated rings. The molecular formula is C18H17N3O3. The third-order valence-corrected chi connectivity index (χ3v) is 3.54. The highest BCUT2D eigenvalue weighted by atomic mass is 16.3. The van der Waals surface area contributed by atoms with Gasteiger partial charge in [0.15, 0.2) is 0 Å². The van der Waals surface area contributed by atoms with E-state index in [2.05, 4.69) is 15.6 Å². The fourth-order valence-electron chi connectivity index (χ4n) is 2.41. The number of nitrogens with one attached hydrogen (secondary N) is 2. The van der Waals surface area contributed by atoms with Gasteiger partial charge >= 0.3 is 0 Å². The van der Waals surface area contributed by atoms with Crippen molar-refractivity contribution in [2.24, 2.45) is 0 Å². The Labute approximate surface area is 138 Å². The number of fused-ring (bicyclic) bond motifs is 1. The Hall–Kier alpha value is -3.15. The van der Waals surface area contributed by atoms with E-state index in [0.29, 0.717) is 17.9 Å². The first kappa shape index (κ1) is 15.7. The van der Waals surface area contributed by atoms with Crippen molar-refractivity contribution in [3.8, 4) is 0 Å². The Kier molecular flexibility index (Phi) is 4.56. The van der Waals surface area contributed by atoms with Crippen LogP contribution in [0.5, 0.6) is 0 Å². The van der Waals surface area contributed by atoms with E-state index in [9.17, 15) is 9.59 Å². The van der Waals surface area contributed by atoms with Crippen LogP contribution in [0, 0.1) is 6.92 Å². The number of aromatic nitrogens is 1. The molecule has 0 bridgehead atoms. The lowest BCUT2D eigenvalue weighted by molar-refractivity contribution is -0.120. The molecule has 122 valence electrons. The van der Waals surface area contributed by atoms with Gasteiger partial charge in [0.25, 0.3) is 5.91 Å². The Balaban J connectivity index is 1.64. The van der Waals surface area contributed by atoms with Crippen molar-refractivity contribution < 1.29 is 14.0 Å². The summed E-state index contributed by atoms with van der Waals surface area (Å²) in [6.07, 6.45) is 1.54. The fraction of sp³-hybridized carbons (Fsp3) is 0.167. The summed E-state index contributed by atoms with van der Waals surface area (Å²) in [6.45, 7) is 2.02. The SMILES string of the molecule is Cc1cc(C(=O)NCC(=O)NCc2ccco2)c2ccccc2n1. The Morgan fingerprint density at radius 2 is 1.96 bits per heavy atom. The summed E-state index contributed by atoms with van der Waals surface area (Å²) >= 11 is 0. The van der Waals surface area contributed by atoms with Gasteiger partial charge in [-0.15, -0.1) is 0 Å². The van der Waals surface area contributed by atoms with Gasteiger partial charge in [0.05, 0.1) is 30.4 Å². The number of hydrogen-bond acceptors (Lipinski definition) is 4. The average Bonchev–Trinajstić information content (AvgIpc) is 3.10. The number of rotatable bonds is 5. The number of nitrogens with zero attached hydrogens (tertiary/aromatic N) is 1. The highest BCUT2D eigenvalue weighted by Crippen LogP contribution is 2.17. The first-order valence-corrected chi connectivity index (χ1v) is 7.57.